The maximum atomic E-state index is 13.8. The number of pyridine rings is 1. The fourth-order valence-corrected chi connectivity index (χ4v) is 2.10. The van der Waals surface area contributed by atoms with Crippen molar-refractivity contribution in [3.8, 4) is 12.3 Å². The second-order valence-electron chi connectivity index (χ2n) is 4.47. The van der Waals surface area contributed by atoms with Gasteiger partial charge in [-0.2, -0.15) is 0 Å². The Kier molecular flexibility index (Phi) is 4.97. The third-order valence-corrected chi connectivity index (χ3v) is 3.34. The van der Waals surface area contributed by atoms with Gasteiger partial charge in [-0.05, 0) is 18.2 Å². The van der Waals surface area contributed by atoms with Crippen LogP contribution in [0.25, 0.3) is 0 Å². The van der Waals surface area contributed by atoms with Gasteiger partial charge in [0.2, 0.25) is 0 Å². The molecule has 0 aliphatic heterocycles. The van der Waals surface area contributed by atoms with Crippen molar-refractivity contribution in [3.63, 3.8) is 0 Å². The van der Waals surface area contributed by atoms with Gasteiger partial charge in [0.15, 0.2) is 0 Å². The van der Waals surface area contributed by atoms with Gasteiger partial charge in [-0.25, -0.2) is 4.39 Å². The van der Waals surface area contributed by atoms with Gasteiger partial charge in [-0.15, -0.1) is 6.42 Å². The molecular weight excluding hydrogens is 307 g/mol. The first-order valence-electron chi connectivity index (χ1n) is 6.38. The van der Waals surface area contributed by atoms with E-state index in [0.29, 0.717) is 0 Å². The summed E-state index contributed by atoms with van der Waals surface area (Å²) in [5, 5.41) is 2.71. The van der Waals surface area contributed by atoms with E-state index < -0.39 is 11.7 Å². The van der Waals surface area contributed by atoms with Crippen LogP contribution in [0.15, 0.2) is 41.3 Å². The molecule has 0 radical (unpaired) electrons. The van der Waals surface area contributed by atoms with Crippen LogP contribution in [0.4, 0.5) is 4.39 Å². The topological polar surface area (TPSA) is 51.1 Å². The number of terminal acetylenes is 1. The lowest BCUT2D eigenvalue weighted by Crippen LogP contribution is -2.27. The third-order valence-electron chi connectivity index (χ3n) is 2.99. The van der Waals surface area contributed by atoms with Crippen molar-refractivity contribution in [2.75, 3.05) is 6.54 Å². The van der Waals surface area contributed by atoms with Gasteiger partial charge in [-0.1, -0.05) is 23.6 Å². The maximum absolute atomic E-state index is 13.8. The molecule has 4 nitrogen and oxygen atoms in total. The molecule has 0 unspecified atom stereocenters. The molecule has 0 aliphatic rings. The van der Waals surface area contributed by atoms with Gasteiger partial charge in [0.1, 0.15) is 5.82 Å². The third kappa shape index (κ3) is 3.54. The van der Waals surface area contributed by atoms with E-state index in [1.807, 2.05) is 0 Å². The number of hydrogen-bond donors (Lipinski definition) is 1. The lowest BCUT2D eigenvalue weighted by Gasteiger charge is -2.10. The highest BCUT2D eigenvalue weighted by molar-refractivity contribution is 6.31. The van der Waals surface area contributed by atoms with Crippen molar-refractivity contribution in [2.45, 2.75) is 6.54 Å². The number of rotatable bonds is 4. The summed E-state index contributed by atoms with van der Waals surface area (Å²) in [7, 11) is 0. The van der Waals surface area contributed by atoms with Crippen molar-refractivity contribution < 1.29 is 9.18 Å². The van der Waals surface area contributed by atoms with E-state index in [4.69, 9.17) is 18.0 Å². The number of amides is 1. The number of carbonyl (C=O) groups excluding carboxylic acids is 1. The molecule has 6 heteroatoms. The van der Waals surface area contributed by atoms with Crippen LogP contribution in [0.1, 0.15) is 15.9 Å². The molecule has 1 aromatic carbocycles. The molecule has 0 bridgehead atoms. The fourth-order valence-electron chi connectivity index (χ4n) is 1.88. The molecule has 112 valence electrons. The highest BCUT2D eigenvalue weighted by Gasteiger charge is 2.11. The predicted octanol–water partition coefficient (Wildman–Crippen LogP) is 2.05. The summed E-state index contributed by atoms with van der Waals surface area (Å²) in [4.78, 5) is 23.7. The Labute approximate surface area is 131 Å². The Morgan fingerprint density at radius 1 is 1.36 bits per heavy atom. The Balaban J connectivity index is 2.34. The van der Waals surface area contributed by atoms with Crippen LogP contribution < -0.4 is 10.9 Å². The molecule has 0 aliphatic carbocycles. The van der Waals surface area contributed by atoms with E-state index in [-0.39, 0.29) is 34.8 Å². The molecule has 0 fully saturated rings. The maximum Gasteiger partial charge on any atom is 0.253 e. The lowest BCUT2D eigenvalue weighted by molar-refractivity contribution is 0.0958. The van der Waals surface area contributed by atoms with Gasteiger partial charge in [-0.3, -0.25) is 9.59 Å². The largest absolute Gasteiger partial charge is 0.341 e. The standard InChI is InChI=1S/C16H12ClFN2O2/c1-2-8-19-16(22)11-6-7-15(21)20(9-11)10-12-13(17)4-3-5-14(12)18/h1,3-7,9H,8,10H2,(H,19,22). The average molecular weight is 319 g/mol. The van der Waals surface area contributed by atoms with Gasteiger partial charge in [0.25, 0.3) is 11.5 Å². The van der Waals surface area contributed by atoms with Crippen molar-refractivity contribution in [3.05, 3.63) is 68.8 Å². The summed E-state index contributed by atoms with van der Waals surface area (Å²) in [6.07, 6.45) is 6.41. The summed E-state index contributed by atoms with van der Waals surface area (Å²) < 4.78 is 15.0. The highest BCUT2D eigenvalue weighted by Crippen LogP contribution is 2.19. The monoisotopic (exact) mass is 318 g/mol. The van der Waals surface area contributed by atoms with Crippen molar-refractivity contribution in [1.29, 1.82) is 0 Å². The smallest absolute Gasteiger partial charge is 0.253 e. The van der Waals surface area contributed by atoms with E-state index in [0.717, 1.165) is 0 Å². The van der Waals surface area contributed by atoms with Crippen molar-refractivity contribution in [2.24, 2.45) is 0 Å². The predicted molar refractivity (Wildman–Crippen MR) is 82.4 cm³/mol. The molecule has 1 amide bonds. The van der Waals surface area contributed by atoms with Crippen LogP contribution >= 0.6 is 11.6 Å². The number of nitrogens with zero attached hydrogens (tertiary/aromatic N) is 1. The van der Waals surface area contributed by atoms with E-state index in [1.54, 1.807) is 0 Å². The molecular formula is C16H12ClFN2O2. The molecule has 0 saturated heterocycles. The molecule has 1 heterocycles. The van der Waals surface area contributed by atoms with Crippen LogP contribution in [-0.2, 0) is 6.54 Å². The molecule has 0 saturated carbocycles. The fraction of sp³-hybridized carbons (Fsp3) is 0.125. The van der Waals surface area contributed by atoms with Crippen LogP contribution in [0.5, 0.6) is 0 Å². The quantitative estimate of drug-likeness (QED) is 0.877. The molecule has 22 heavy (non-hydrogen) atoms. The number of hydrogen-bond acceptors (Lipinski definition) is 2. The number of halogens is 2. The summed E-state index contributed by atoms with van der Waals surface area (Å²) in [6.45, 7) is 0.0116. The minimum Gasteiger partial charge on any atom is -0.341 e. The Morgan fingerprint density at radius 3 is 2.82 bits per heavy atom. The summed E-state index contributed by atoms with van der Waals surface area (Å²) in [5.41, 5.74) is 0.0718. The first-order chi connectivity index (χ1) is 10.5. The zero-order chi connectivity index (χ0) is 16.1. The normalized spacial score (nSPS) is 10.0. The zero-order valence-corrected chi connectivity index (χ0v) is 12.2. The highest BCUT2D eigenvalue weighted by atomic mass is 35.5. The second kappa shape index (κ2) is 6.92. The first kappa shape index (κ1) is 15.8. The molecule has 1 N–H and O–H groups in total. The summed E-state index contributed by atoms with van der Waals surface area (Å²) >= 11 is 5.95. The molecule has 0 spiro atoms. The number of nitrogens with one attached hydrogen (secondary N) is 1. The van der Waals surface area contributed by atoms with E-state index >= 15 is 0 Å². The minimum atomic E-state index is -0.512. The second-order valence-corrected chi connectivity index (χ2v) is 4.88. The van der Waals surface area contributed by atoms with Gasteiger partial charge < -0.3 is 9.88 Å². The number of benzene rings is 1. The van der Waals surface area contributed by atoms with Crippen LogP contribution in [0, 0.1) is 18.2 Å². The molecule has 2 rings (SSSR count). The van der Waals surface area contributed by atoms with Crippen molar-refractivity contribution >= 4 is 17.5 Å². The van der Waals surface area contributed by atoms with Crippen molar-refractivity contribution in [1.82, 2.24) is 9.88 Å². The molecule has 1 aromatic heterocycles. The van der Waals surface area contributed by atoms with Crippen LogP contribution in [0.3, 0.4) is 0 Å². The molecule has 2 aromatic rings. The lowest BCUT2D eigenvalue weighted by atomic mass is 10.2. The average Bonchev–Trinajstić information content (AvgIpc) is 2.50. The van der Waals surface area contributed by atoms with E-state index in [2.05, 4.69) is 11.2 Å². The van der Waals surface area contributed by atoms with Crippen LogP contribution in [-0.4, -0.2) is 17.0 Å². The first-order valence-corrected chi connectivity index (χ1v) is 6.75. The van der Waals surface area contributed by atoms with E-state index in [1.165, 1.54) is 41.1 Å². The summed E-state index contributed by atoms with van der Waals surface area (Å²) in [5.74, 6) is 1.36. The Morgan fingerprint density at radius 2 is 2.14 bits per heavy atom. The van der Waals surface area contributed by atoms with Gasteiger partial charge in [0, 0.05) is 22.8 Å². The van der Waals surface area contributed by atoms with Gasteiger partial charge in [0.05, 0.1) is 18.7 Å². The number of carbonyl (C=O) groups is 1. The Hall–Kier alpha value is -2.58. The SMILES string of the molecule is C#CCNC(=O)c1ccc(=O)n(Cc2c(F)cccc2Cl)c1. The van der Waals surface area contributed by atoms with E-state index in [9.17, 15) is 14.0 Å². The zero-order valence-electron chi connectivity index (χ0n) is 11.5. The van der Waals surface area contributed by atoms with Gasteiger partial charge >= 0.3 is 0 Å². The molecule has 0 atom stereocenters. The minimum absolute atomic E-state index is 0.0689. The van der Waals surface area contributed by atoms with Crippen LogP contribution in [0.2, 0.25) is 5.02 Å². The Bertz CT molecular complexity index is 788. The number of aromatic nitrogens is 1. The summed E-state index contributed by atoms with van der Waals surface area (Å²) in [6, 6.07) is 6.89.